The van der Waals surface area contributed by atoms with E-state index in [1.54, 1.807) is 0 Å². The lowest BCUT2D eigenvalue weighted by atomic mass is 9.80. The Bertz CT molecular complexity index is 300. The highest BCUT2D eigenvalue weighted by molar-refractivity contribution is 6.22. The Labute approximate surface area is 88.6 Å². The molecule has 3 rings (SSSR count). The average Bonchev–Trinajstić information content (AvgIpc) is 2.65. The van der Waals surface area contributed by atoms with Gasteiger partial charge in [0.25, 0.3) is 0 Å². The number of aliphatic imine (C=N–C) groups is 1. The van der Waals surface area contributed by atoms with Gasteiger partial charge in [0.1, 0.15) is 0 Å². The molecule has 3 aliphatic rings. The third-order valence-corrected chi connectivity index (χ3v) is 3.89. The van der Waals surface area contributed by atoms with Crippen LogP contribution in [0.2, 0.25) is 0 Å². The van der Waals surface area contributed by atoms with E-state index in [0.29, 0.717) is 18.0 Å². The Morgan fingerprint density at radius 1 is 1.50 bits per heavy atom. The molecule has 0 aliphatic carbocycles. The largest absolute Gasteiger partial charge is 0.374 e. The normalized spacial score (nSPS) is 45.1. The zero-order chi connectivity index (χ0) is 9.54. The first kappa shape index (κ1) is 8.74. The lowest BCUT2D eigenvalue weighted by Crippen LogP contribution is -2.47. The molecule has 1 saturated heterocycles. The number of allylic oxidation sites excluding steroid dienone is 1. The Kier molecular flexibility index (Phi) is 2.03. The van der Waals surface area contributed by atoms with E-state index in [1.165, 1.54) is 6.42 Å². The summed E-state index contributed by atoms with van der Waals surface area (Å²) in [4.78, 5) is 4.42. The monoisotopic (exact) mass is 211 g/mol. The lowest BCUT2D eigenvalue weighted by molar-refractivity contribution is 0.282. The molecule has 0 amide bonds. The summed E-state index contributed by atoms with van der Waals surface area (Å²) in [6.45, 7) is 1.09. The standard InChI is InChI=1S/C10H14ClN3/c11-7-2-4-12-8-5-14-10-6(9(7)8)1-3-13-10/h4-7,9-10,13-14H,1-3H2/t6?,7-,9-,10+/m1/s1. The van der Waals surface area contributed by atoms with Crippen molar-refractivity contribution in [1.82, 2.24) is 10.6 Å². The van der Waals surface area contributed by atoms with Crippen LogP contribution in [-0.2, 0) is 0 Å². The van der Waals surface area contributed by atoms with Crippen molar-refractivity contribution >= 4 is 17.8 Å². The molecule has 3 aliphatic heterocycles. The van der Waals surface area contributed by atoms with Crippen LogP contribution < -0.4 is 10.6 Å². The van der Waals surface area contributed by atoms with Crippen molar-refractivity contribution in [2.75, 3.05) is 6.54 Å². The zero-order valence-electron chi connectivity index (χ0n) is 7.91. The van der Waals surface area contributed by atoms with Gasteiger partial charge in [0.05, 0.1) is 11.9 Å². The summed E-state index contributed by atoms with van der Waals surface area (Å²) in [6.07, 6.45) is 6.49. The first-order valence-electron chi connectivity index (χ1n) is 5.22. The van der Waals surface area contributed by atoms with E-state index < -0.39 is 0 Å². The van der Waals surface area contributed by atoms with Gasteiger partial charge in [0.2, 0.25) is 0 Å². The van der Waals surface area contributed by atoms with Crippen LogP contribution in [0.5, 0.6) is 0 Å². The van der Waals surface area contributed by atoms with Crippen LogP contribution in [0.15, 0.2) is 16.9 Å². The van der Waals surface area contributed by atoms with Gasteiger partial charge in [-0.15, -0.1) is 11.6 Å². The van der Waals surface area contributed by atoms with E-state index in [0.717, 1.165) is 18.7 Å². The third-order valence-electron chi connectivity index (χ3n) is 3.44. The zero-order valence-corrected chi connectivity index (χ0v) is 8.67. The predicted octanol–water partition coefficient (Wildman–Crippen LogP) is 1.06. The lowest BCUT2D eigenvalue weighted by Gasteiger charge is -2.37. The minimum absolute atomic E-state index is 0.230. The van der Waals surface area contributed by atoms with Gasteiger partial charge in [-0.2, -0.15) is 0 Å². The van der Waals surface area contributed by atoms with Gasteiger partial charge in [0.15, 0.2) is 0 Å². The summed E-state index contributed by atoms with van der Waals surface area (Å²) in [6, 6.07) is 0. The number of halogens is 1. The Balaban J connectivity index is 1.95. The van der Waals surface area contributed by atoms with Gasteiger partial charge < -0.3 is 5.32 Å². The number of alkyl halides is 1. The van der Waals surface area contributed by atoms with Crippen molar-refractivity contribution in [2.45, 2.75) is 24.4 Å². The van der Waals surface area contributed by atoms with Crippen molar-refractivity contribution < 1.29 is 0 Å². The molecule has 4 atom stereocenters. The molecule has 0 saturated carbocycles. The molecule has 0 aromatic carbocycles. The third kappa shape index (κ3) is 1.19. The van der Waals surface area contributed by atoms with Gasteiger partial charge in [-0.3, -0.25) is 10.3 Å². The Morgan fingerprint density at radius 2 is 2.43 bits per heavy atom. The minimum Gasteiger partial charge on any atom is -0.374 e. The maximum Gasteiger partial charge on any atom is 0.0800 e. The van der Waals surface area contributed by atoms with Crippen LogP contribution in [0, 0.1) is 11.8 Å². The second-order valence-electron chi connectivity index (χ2n) is 4.21. The molecule has 0 bridgehead atoms. The van der Waals surface area contributed by atoms with Crippen molar-refractivity contribution in [3.05, 3.63) is 11.9 Å². The molecule has 76 valence electrons. The summed E-state index contributed by atoms with van der Waals surface area (Å²) in [7, 11) is 0. The second-order valence-corrected chi connectivity index (χ2v) is 4.77. The van der Waals surface area contributed by atoms with Crippen LogP contribution >= 0.6 is 11.6 Å². The molecule has 4 heteroatoms. The van der Waals surface area contributed by atoms with Crippen LogP contribution in [0.1, 0.15) is 12.8 Å². The molecule has 0 aromatic heterocycles. The van der Waals surface area contributed by atoms with Gasteiger partial charge >= 0.3 is 0 Å². The van der Waals surface area contributed by atoms with Crippen molar-refractivity contribution in [2.24, 2.45) is 16.8 Å². The van der Waals surface area contributed by atoms with Gasteiger partial charge in [-0.1, -0.05) is 0 Å². The van der Waals surface area contributed by atoms with E-state index in [9.17, 15) is 0 Å². The summed E-state index contributed by atoms with van der Waals surface area (Å²) in [5.74, 6) is 1.07. The van der Waals surface area contributed by atoms with E-state index in [4.69, 9.17) is 11.6 Å². The van der Waals surface area contributed by atoms with E-state index in [2.05, 4.69) is 15.6 Å². The van der Waals surface area contributed by atoms with E-state index >= 15 is 0 Å². The van der Waals surface area contributed by atoms with Crippen molar-refractivity contribution in [1.29, 1.82) is 0 Å². The summed E-state index contributed by atoms with van der Waals surface area (Å²) in [5.41, 5.74) is 1.14. The molecular weight excluding hydrogens is 198 g/mol. The minimum atomic E-state index is 0.230. The SMILES string of the molecule is Cl[C@@H]1CC=NC2=CN[C@@H]3NCCC3[C@@H]21. The molecule has 1 unspecified atom stereocenters. The van der Waals surface area contributed by atoms with Gasteiger partial charge in [-0.05, 0) is 19.4 Å². The highest BCUT2D eigenvalue weighted by Gasteiger charge is 2.42. The van der Waals surface area contributed by atoms with Crippen LogP contribution in [0.25, 0.3) is 0 Å². The fourth-order valence-corrected chi connectivity index (χ4v) is 3.16. The first-order valence-corrected chi connectivity index (χ1v) is 5.66. The van der Waals surface area contributed by atoms with E-state index in [1.807, 2.05) is 12.4 Å². The quantitative estimate of drug-likeness (QED) is 0.588. The smallest absolute Gasteiger partial charge is 0.0800 e. The van der Waals surface area contributed by atoms with Gasteiger partial charge in [-0.25, -0.2) is 0 Å². The molecule has 0 radical (unpaired) electrons. The molecule has 1 fully saturated rings. The highest BCUT2D eigenvalue weighted by atomic mass is 35.5. The Hall–Kier alpha value is -0.540. The van der Waals surface area contributed by atoms with Crippen LogP contribution in [0.4, 0.5) is 0 Å². The number of nitrogens with one attached hydrogen (secondary N) is 2. The number of fused-ring (bicyclic) bond motifs is 3. The van der Waals surface area contributed by atoms with Crippen LogP contribution in [-0.4, -0.2) is 24.3 Å². The highest BCUT2D eigenvalue weighted by Crippen LogP contribution is 2.39. The summed E-state index contributed by atoms with van der Waals surface area (Å²) >= 11 is 6.37. The fourth-order valence-electron chi connectivity index (χ4n) is 2.77. The fraction of sp³-hybridized carbons (Fsp3) is 0.700. The molecule has 2 N–H and O–H groups in total. The number of nitrogens with zero attached hydrogens (tertiary/aromatic N) is 1. The van der Waals surface area contributed by atoms with Crippen molar-refractivity contribution in [3.63, 3.8) is 0 Å². The molecule has 3 nitrogen and oxygen atoms in total. The number of hydrogen-bond donors (Lipinski definition) is 2. The summed E-state index contributed by atoms with van der Waals surface area (Å²) in [5, 5.41) is 7.03. The maximum absolute atomic E-state index is 6.37. The Morgan fingerprint density at radius 3 is 3.36 bits per heavy atom. The molecule has 14 heavy (non-hydrogen) atoms. The average molecular weight is 212 g/mol. The molecule has 3 heterocycles. The van der Waals surface area contributed by atoms with E-state index in [-0.39, 0.29) is 5.38 Å². The second kappa shape index (κ2) is 3.24. The molecule has 0 aromatic rings. The first-order chi connectivity index (χ1) is 6.86. The number of rotatable bonds is 0. The maximum atomic E-state index is 6.37. The van der Waals surface area contributed by atoms with Crippen LogP contribution in [0.3, 0.4) is 0 Å². The molecular formula is C10H14ClN3. The van der Waals surface area contributed by atoms with Gasteiger partial charge in [0, 0.05) is 29.6 Å². The summed E-state index contributed by atoms with van der Waals surface area (Å²) < 4.78 is 0. The van der Waals surface area contributed by atoms with Crippen molar-refractivity contribution in [3.8, 4) is 0 Å². The topological polar surface area (TPSA) is 36.4 Å². The number of hydrogen-bond acceptors (Lipinski definition) is 3. The predicted molar refractivity (Wildman–Crippen MR) is 57.4 cm³/mol. The molecule has 0 spiro atoms.